The largest absolute Gasteiger partial charge is 0.481 e. The van der Waals surface area contributed by atoms with Gasteiger partial charge in [-0.25, -0.2) is 0 Å². The van der Waals surface area contributed by atoms with E-state index in [2.05, 4.69) is 18.4 Å². The Morgan fingerprint density at radius 3 is 2.60 bits per heavy atom. The number of nitrogens with zero attached hydrogens (tertiary/aromatic N) is 1. The van der Waals surface area contributed by atoms with Gasteiger partial charge in [-0.1, -0.05) is 17.7 Å². The van der Waals surface area contributed by atoms with Gasteiger partial charge in [-0.2, -0.15) is 0 Å². The first-order chi connectivity index (χ1) is 9.24. The van der Waals surface area contributed by atoms with Crippen molar-refractivity contribution in [2.45, 2.75) is 40.2 Å². The molecule has 0 aliphatic carbocycles. The molecule has 0 bridgehead atoms. The van der Waals surface area contributed by atoms with Gasteiger partial charge in [0.2, 0.25) is 0 Å². The van der Waals surface area contributed by atoms with Crippen molar-refractivity contribution in [2.24, 2.45) is 5.41 Å². The van der Waals surface area contributed by atoms with E-state index in [1.54, 1.807) is 13.8 Å². The lowest BCUT2D eigenvalue weighted by Gasteiger charge is -2.18. The summed E-state index contributed by atoms with van der Waals surface area (Å²) in [5.74, 6) is -0.796. The van der Waals surface area contributed by atoms with Crippen molar-refractivity contribution < 1.29 is 9.90 Å². The van der Waals surface area contributed by atoms with Gasteiger partial charge in [0.1, 0.15) is 0 Å². The minimum atomic E-state index is -0.810. The van der Waals surface area contributed by atoms with Crippen molar-refractivity contribution in [2.75, 3.05) is 0 Å². The first-order valence-corrected chi connectivity index (χ1v) is 7.13. The number of benzene rings is 1. The van der Waals surface area contributed by atoms with Gasteiger partial charge in [0.05, 0.1) is 16.0 Å². The first kappa shape index (κ1) is 14.9. The highest BCUT2D eigenvalue weighted by Crippen LogP contribution is 2.34. The fourth-order valence-corrected chi connectivity index (χ4v) is 2.75. The van der Waals surface area contributed by atoms with Crippen LogP contribution in [0.2, 0.25) is 5.02 Å². The first-order valence-electron chi connectivity index (χ1n) is 6.75. The highest BCUT2D eigenvalue weighted by molar-refractivity contribution is 6.35. The smallest absolute Gasteiger partial charge is 0.309 e. The zero-order valence-electron chi connectivity index (χ0n) is 12.3. The molecule has 3 nitrogen and oxygen atoms in total. The Balaban J connectivity index is 2.62. The van der Waals surface area contributed by atoms with E-state index >= 15 is 0 Å². The number of carboxylic acids is 1. The molecule has 0 unspecified atom stereocenters. The molecule has 0 atom stereocenters. The van der Waals surface area contributed by atoms with Crippen molar-refractivity contribution in [1.29, 1.82) is 0 Å². The van der Waals surface area contributed by atoms with Crippen molar-refractivity contribution in [3.8, 4) is 0 Å². The molecule has 0 aliphatic heterocycles. The van der Waals surface area contributed by atoms with Crippen LogP contribution in [0.3, 0.4) is 0 Å². The number of carbonyl (C=O) groups is 1. The van der Waals surface area contributed by atoms with E-state index in [0.717, 1.165) is 16.5 Å². The van der Waals surface area contributed by atoms with Crippen molar-refractivity contribution >= 4 is 28.5 Å². The third kappa shape index (κ3) is 2.55. The molecule has 0 saturated carbocycles. The zero-order chi connectivity index (χ0) is 15.1. The SMILES string of the molecule is CC(C)n1cc(CC(C)(C)C(=O)O)c2c(Cl)cccc21. The van der Waals surface area contributed by atoms with Gasteiger partial charge < -0.3 is 9.67 Å². The monoisotopic (exact) mass is 293 g/mol. The van der Waals surface area contributed by atoms with E-state index in [1.165, 1.54) is 0 Å². The average molecular weight is 294 g/mol. The molecule has 4 heteroatoms. The van der Waals surface area contributed by atoms with Crippen LogP contribution in [0.1, 0.15) is 39.3 Å². The van der Waals surface area contributed by atoms with Crippen LogP contribution >= 0.6 is 11.6 Å². The van der Waals surface area contributed by atoms with E-state index < -0.39 is 11.4 Å². The van der Waals surface area contributed by atoms with Crippen LogP contribution in [0.4, 0.5) is 0 Å². The highest BCUT2D eigenvalue weighted by atomic mass is 35.5. The van der Waals surface area contributed by atoms with Crippen LogP contribution in [0.25, 0.3) is 10.9 Å². The molecule has 0 aliphatic rings. The number of carboxylic acid groups (broad SMARTS) is 1. The molecule has 0 fully saturated rings. The second kappa shape index (κ2) is 5.13. The lowest BCUT2D eigenvalue weighted by Crippen LogP contribution is -2.26. The van der Waals surface area contributed by atoms with Crippen LogP contribution in [-0.2, 0) is 11.2 Å². The van der Waals surface area contributed by atoms with Gasteiger partial charge in [0.25, 0.3) is 0 Å². The number of hydrogen-bond donors (Lipinski definition) is 1. The standard InChI is InChI=1S/C16H20ClNO2/c1-10(2)18-9-11(8-16(3,4)15(19)20)14-12(17)6-5-7-13(14)18/h5-7,9-10H,8H2,1-4H3,(H,19,20). The molecule has 0 spiro atoms. The summed E-state index contributed by atoms with van der Waals surface area (Å²) in [5.41, 5.74) is 1.24. The summed E-state index contributed by atoms with van der Waals surface area (Å²) in [6.45, 7) is 7.69. The van der Waals surface area contributed by atoms with Gasteiger partial charge >= 0.3 is 5.97 Å². The summed E-state index contributed by atoms with van der Waals surface area (Å²) in [6, 6.07) is 6.11. The molecule has 2 aromatic rings. The van der Waals surface area contributed by atoms with Crippen molar-refractivity contribution in [3.63, 3.8) is 0 Å². The number of fused-ring (bicyclic) bond motifs is 1. The summed E-state index contributed by atoms with van der Waals surface area (Å²) in [7, 11) is 0. The van der Waals surface area contributed by atoms with E-state index in [-0.39, 0.29) is 0 Å². The second-order valence-electron chi connectivity index (χ2n) is 6.16. The van der Waals surface area contributed by atoms with Gasteiger partial charge in [-0.05, 0) is 51.8 Å². The molecule has 1 heterocycles. The van der Waals surface area contributed by atoms with Crippen LogP contribution in [-0.4, -0.2) is 15.6 Å². The molecular weight excluding hydrogens is 274 g/mol. The van der Waals surface area contributed by atoms with Crippen LogP contribution in [0.5, 0.6) is 0 Å². The average Bonchev–Trinajstić information content (AvgIpc) is 2.68. The van der Waals surface area contributed by atoms with E-state index in [1.807, 2.05) is 24.4 Å². The molecule has 0 radical (unpaired) electrons. The Labute approximate surface area is 124 Å². The summed E-state index contributed by atoms with van der Waals surface area (Å²) in [5, 5.41) is 11.0. The van der Waals surface area contributed by atoms with Crippen molar-refractivity contribution in [3.05, 3.63) is 35.0 Å². The molecule has 0 amide bonds. The Bertz CT molecular complexity index is 656. The third-order valence-corrected chi connectivity index (χ3v) is 3.97. The number of halogens is 1. The van der Waals surface area contributed by atoms with Gasteiger partial charge in [-0.15, -0.1) is 0 Å². The summed E-state index contributed by atoms with van der Waals surface area (Å²) >= 11 is 6.33. The van der Waals surface area contributed by atoms with Gasteiger partial charge in [-0.3, -0.25) is 4.79 Å². The summed E-state index contributed by atoms with van der Waals surface area (Å²) in [6.07, 6.45) is 2.49. The molecular formula is C16H20ClNO2. The molecule has 1 N–H and O–H groups in total. The zero-order valence-corrected chi connectivity index (χ0v) is 13.0. The number of hydrogen-bond acceptors (Lipinski definition) is 1. The molecule has 20 heavy (non-hydrogen) atoms. The molecule has 0 saturated heterocycles. The topological polar surface area (TPSA) is 42.2 Å². The highest BCUT2D eigenvalue weighted by Gasteiger charge is 2.29. The maximum absolute atomic E-state index is 11.3. The molecule has 108 valence electrons. The number of aliphatic carboxylic acids is 1. The number of aromatic nitrogens is 1. The summed E-state index contributed by atoms with van der Waals surface area (Å²) in [4.78, 5) is 11.3. The normalized spacial score (nSPS) is 12.3. The Morgan fingerprint density at radius 1 is 1.40 bits per heavy atom. The molecule has 1 aromatic carbocycles. The predicted molar refractivity (Wildman–Crippen MR) is 82.5 cm³/mol. The van der Waals surface area contributed by atoms with Gasteiger partial charge in [0, 0.05) is 17.6 Å². The Morgan fingerprint density at radius 2 is 2.05 bits per heavy atom. The lowest BCUT2D eigenvalue weighted by molar-refractivity contribution is -0.146. The fourth-order valence-electron chi connectivity index (χ4n) is 2.46. The maximum atomic E-state index is 11.3. The lowest BCUT2D eigenvalue weighted by atomic mass is 9.86. The van der Waals surface area contributed by atoms with E-state index in [4.69, 9.17) is 11.6 Å². The van der Waals surface area contributed by atoms with E-state index in [0.29, 0.717) is 17.5 Å². The van der Waals surface area contributed by atoms with Crippen LogP contribution in [0.15, 0.2) is 24.4 Å². The Hall–Kier alpha value is -1.48. The minimum Gasteiger partial charge on any atom is -0.481 e. The maximum Gasteiger partial charge on any atom is 0.309 e. The number of rotatable bonds is 4. The predicted octanol–water partition coefficient (Wildman–Crippen LogP) is 4.53. The van der Waals surface area contributed by atoms with E-state index in [9.17, 15) is 9.90 Å². The van der Waals surface area contributed by atoms with Gasteiger partial charge in [0.15, 0.2) is 0 Å². The third-order valence-electron chi connectivity index (χ3n) is 3.65. The molecule has 1 aromatic heterocycles. The Kier molecular flexibility index (Phi) is 3.83. The fraction of sp³-hybridized carbons (Fsp3) is 0.438. The summed E-state index contributed by atoms with van der Waals surface area (Å²) < 4.78 is 2.15. The minimum absolute atomic E-state index is 0.303. The second-order valence-corrected chi connectivity index (χ2v) is 6.56. The molecule has 2 rings (SSSR count). The van der Waals surface area contributed by atoms with Crippen LogP contribution in [0, 0.1) is 5.41 Å². The van der Waals surface area contributed by atoms with Crippen molar-refractivity contribution in [1.82, 2.24) is 4.57 Å². The quantitative estimate of drug-likeness (QED) is 0.900. The van der Waals surface area contributed by atoms with Crippen LogP contribution < -0.4 is 0 Å².